The summed E-state index contributed by atoms with van der Waals surface area (Å²) in [5.74, 6) is 0.285. The molecule has 170 valence electrons. The van der Waals surface area contributed by atoms with Crippen molar-refractivity contribution in [3.63, 3.8) is 0 Å². The summed E-state index contributed by atoms with van der Waals surface area (Å²) in [4.78, 5) is 18.5. The maximum Gasteiger partial charge on any atom is 0.410 e. The quantitative estimate of drug-likeness (QED) is 0.606. The highest BCUT2D eigenvalue weighted by molar-refractivity contribution is 5.84. The molecule has 4 heterocycles. The van der Waals surface area contributed by atoms with Gasteiger partial charge in [-0.15, -0.1) is 0 Å². The van der Waals surface area contributed by atoms with Crippen LogP contribution in [-0.2, 0) is 9.47 Å². The Morgan fingerprint density at radius 3 is 2.62 bits per heavy atom. The van der Waals surface area contributed by atoms with Crippen molar-refractivity contribution in [2.45, 2.75) is 51.2 Å². The first-order valence-electron chi connectivity index (χ1n) is 10.9. The number of ether oxygens (including phenoxy) is 2. The Morgan fingerprint density at radius 1 is 1.22 bits per heavy atom. The largest absolute Gasteiger partial charge is 0.444 e. The lowest BCUT2D eigenvalue weighted by Crippen LogP contribution is -2.41. The van der Waals surface area contributed by atoms with Crippen LogP contribution in [0.3, 0.4) is 0 Å². The summed E-state index contributed by atoms with van der Waals surface area (Å²) < 4.78 is 33.2. The molecular weight excluding hydrogens is 417 g/mol. The number of rotatable bonds is 3. The number of fused-ring (bicyclic) bond motifs is 1. The van der Waals surface area contributed by atoms with E-state index in [1.54, 1.807) is 27.9 Å². The molecule has 1 aromatic carbocycles. The molecule has 10 heteroatoms. The molecule has 3 aromatic rings. The van der Waals surface area contributed by atoms with Crippen LogP contribution in [0.4, 0.5) is 9.18 Å². The Hall–Kier alpha value is -3.01. The van der Waals surface area contributed by atoms with Crippen molar-refractivity contribution in [2.75, 3.05) is 26.3 Å². The van der Waals surface area contributed by atoms with Gasteiger partial charge in [0.05, 0.1) is 31.0 Å². The molecule has 2 aromatic heterocycles. The smallest absolute Gasteiger partial charge is 0.410 e. The topological polar surface area (TPSA) is 95.5 Å². The number of amides is 1. The Balaban J connectivity index is 1.32. The Bertz CT molecular complexity index is 1140. The van der Waals surface area contributed by atoms with Crippen molar-refractivity contribution in [1.29, 1.82) is 0 Å². The SMILES string of the molecule is CC(C)(C)OC(=O)N1CCC(c2noc(-c3ccc4cnn(C5COC5)c4c3F)n2)CC1. The highest BCUT2D eigenvalue weighted by atomic mass is 19.1. The van der Waals surface area contributed by atoms with Gasteiger partial charge in [-0.3, -0.25) is 4.68 Å². The minimum absolute atomic E-state index is 0.0330. The summed E-state index contributed by atoms with van der Waals surface area (Å²) in [6.45, 7) is 7.69. The number of hydrogen-bond acceptors (Lipinski definition) is 7. The van der Waals surface area contributed by atoms with Crippen molar-refractivity contribution >= 4 is 17.0 Å². The van der Waals surface area contributed by atoms with Crippen molar-refractivity contribution in [3.8, 4) is 11.5 Å². The van der Waals surface area contributed by atoms with Crippen molar-refractivity contribution < 1.29 is 23.2 Å². The zero-order chi connectivity index (χ0) is 22.5. The van der Waals surface area contributed by atoms with Crippen LogP contribution in [0.5, 0.6) is 0 Å². The summed E-state index contributed by atoms with van der Waals surface area (Å²) >= 11 is 0. The first kappa shape index (κ1) is 20.9. The van der Waals surface area contributed by atoms with Gasteiger partial charge in [0.2, 0.25) is 0 Å². The minimum Gasteiger partial charge on any atom is -0.444 e. The van der Waals surface area contributed by atoms with Gasteiger partial charge in [0.25, 0.3) is 5.89 Å². The summed E-state index contributed by atoms with van der Waals surface area (Å²) in [5.41, 5.74) is 0.147. The van der Waals surface area contributed by atoms with Gasteiger partial charge in [0.1, 0.15) is 11.1 Å². The van der Waals surface area contributed by atoms with Gasteiger partial charge in [-0.05, 0) is 39.7 Å². The fourth-order valence-corrected chi connectivity index (χ4v) is 4.06. The average molecular weight is 443 g/mol. The Labute approximate surface area is 184 Å². The molecule has 0 bridgehead atoms. The van der Waals surface area contributed by atoms with Crippen LogP contribution in [0.15, 0.2) is 22.9 Å². The van der Waals surface area contributed by atoms with Crippen molar-refractivity contribution in [1.82, 2.24) is 24.8 Å². The van der Waals surface area contributed by atoms with Crippen LogP contribution in [0.2, 0.25) is 0 Å². The van der Waals surface area contributed by atoms with Gasteiger partial charge in [0, 0.05) is 24.4 Å². The number of likely N-dealkylation sites (tertiary alicyclic amines) is 1. The lowest BCUT2D eigenvalue weighted by atomic mass is 9.96. The van der Waals surface area contributed by atoms with Gasteiger partial charge in [-0.25, -0.2) is 9.18 Å². The van der Waals surface area contributed by atoms with E-state index < -0.39 is 11.4 Å². The van der Waals surface area contributed by atoms with E-state index in [2.05, 4.69) is 15.2 Å². The third-order valence-electron chi connectivity index (χ3n) is 5.85. The van der Waals surface area contributed by atoms with Crippen LogP contribution < -0.4 is 0 Å². The lowest BCUT2D eigenvalue weighted by molar-refractivity contribution is -0.0268. The van der Waals surface area contributed by atoms with E-state index in [9.17, 15) is 4.79 Å². The van der Waals surface area contributed by atoms with E-state index in [4.69, 9.17) is 14.0 Å². The van der Waals surface area contributed by atoms with Crippen LogP contribution in [0.1, 0.15) is 51.4 Å². The zero-order valence-corrected chi connectivity index (χ0v) is 18.4. The molecule has 5 rings (SSSR count). The highest BCUT2D eigenvalue weighted by Gasteiger charge is 2.31. The van der Waals surface area contributed by atoms with E-state index in [0.29, 0.717) is 55.9 Å². The fourth-order valence-electron chi connectivity index (χ4n) is 4.06. The van der Waals surface area contributed by atoms with E-state index in [-0.39, 0.29) is 29.5 Å². The number of halogens is 1. The normalized spacial score (nSPS) is 18.2. The second-order valence-corrected chi connectivity index (χ2v) is 9.34. The molecule has 1 amide bonds. The third kappa shape index (κ3) is 3.83. The average Bonchev–Trinajstić information content (AvgIpc) is 3.34. The lowest BCUT2D eigenvalue weighted by Gasteiger charge is -2.32. The molecule has 32 heavy (non-hydrogen) atoms. The van der Waals surface area contributed by atoms with Gasteiger partial charge >= 0.3 is 6.09 Å². The third-order valence-corrected chi connectivity index (χ3v) is 5.85. The van der Waals surface area contributed by atoms with Gasteiger partial charge in [0.15, 0.2) is 11.6 Å². The van der Waals surface area contributed by atoms with Crippen molar-refractivity contribution in [3.05, 3.63) is 30.0 Å². The summed E-state index contributed by atoms with van der Waals surface area (Å²) in [7, 11) is 0. The number of carbonyl (C=O) groups is 1. The van der Waals surface area contributed by atoms with E-state index in [0.717, 1.165) is 0 Å². The predicted octanol–water partition coefficient (Wildman–Crippen LogP) is 3.91. The van der Waals surface area contributed by atoms with Gasteiger partial charge < -0.3 is 18.9 Å². The summed E-state index contributed by atoms with van der Waals surface area (Å²) in [6, 6.07) is 3.48. The molecule has 0 atom stereocenters. The highest BCUT2D eigenvalue weighted by Crippen LogP contribution is 2.33. The Morgan fingerprint density at radius 2 is 1.97 bits per heavy atom. The van der Waals surface area contributed by atoms with Crippen LogP contribution in [0.25, 0.3) is 22.4 Å². The first-order chi connectivity index (χ1) is 15.3. The molecule has 0 radical (unpaired) electrons. The maximum atomic E-state index is 15.4. The standard InChI is InChI=1S/C22H26FN5O4/c1-22(2,3)31-21(29)27-8-6-13(7-9-27)19-25-20(32-26-19)16-5-4-14-10-24-28(15-11-30-12-15)18(14)17(16)23/h4-5,10,13,15H,6-9,11-12H2,1-3H3. The molecule has 9 nitrogen and oxygen atoms in total. The molecule has 2 fully saturated rings. The molecule has 0 spiro atoms. The molecular formula is C22H26FN5O4. The van der Waals surface area contributed by atoms with Crippen LogP contribution >= 0.6 is 0 Å². The van der Waals surface area contributed by atoms with Gasteiger partial charge in [-0.2, -0.15) is 10.1 Å². The molecule has 0 aliphatic carbocycles. The van der Waals surface area contributed by atoms with E-state index in [1.807, 2.05) is 20.8 Å². The zero-order valence-electron chi connectivity index (χ0n) is 18.4. The molecule has 2 aliphatic rings. The number of benzene rings is 1. The Kier molecular flexibility index (Phi) is 5.11. The number of nitrogens with zero attached hydrogens (tertiary/aromatic N) is 5. The first-order valence-corrected chi connectivity index (χ1v) is 10.9. The second kappa shape index (κ2) is 7.84. The van der Waals surface area contributed by atoms with E-state index >= 15 is 4.39 Å². The molecule has 0 N–H and O–H groups in total. The van der Waals surface area contributed by atoms with Crippen LogP contribution in [-0.4, -0.2) is 62.8 Å². The van der Waals surface area contributed by atoms with Gasteiger partial charge in [-0.1, -0.05) is 11.2 Å². The van der Waals surface area contributed by atoms with E-state index in [1.165, 1.54) is 0 Å². The summed E-state index contributed by atoms with van der Waals surface area (Å²) in [6.07, 6.45) is 2.72. The number of carbonyl (C=O) groups excluding carboxylic acids is 1. The number of aromatic nitrogens is 4. The molecule has 2 aliphatic heterocycles. The molecule has 2 saturated heterocycles. The monoisotopic (exact) mass is 443 g/mol. The maximum absolute atomic E-state index is 15.4. The fraction of sp³-hybridized carbons (Fsp3) is 0.545. The predicted molar refractivity (Wildman–Crippen MR) is 113 cm³/mol. The molecule has 0 saturated carbocycles. The number of hydrogen-bond donors (Lipinski definition) is 0. The van der Waals surface area contributed by atoms with Crippen LogP contribution in [0, 0.1) is 5.82 Å². The van der Waals surface area contributed by atoms with Crippen molar-refractivity contribution in [2.24, 2.45) is 0 Å². The second-order valence-electron chi connectivity index (χ2n) is 9.34. The molecule has 0 unspecified atom stereocenters. The minimum atomic E-state index is -0.525. The number of piperidine rings is 1. The summed E-state index contributed by atoms with van der Waals surface area (Å²) in [5, 5.41) is 9.15.